The summed E-state index contributed by atoms with van der Waals surface area (Å²) in [6.07, 6.45) is 14.3. The Kier molecular flexibility index (Phi) is 4.86. The summed E-state index contributed by atoms with van der Waals surface area (Å²) in [7, 11) is 2.29. The van der Waals surface area contributed by atoms with E-state index in [2.05, 4.69) is 29.4 Å². The molecule has 92 valence electrons. The largest absolute Gasteiger partial charge is 0.309 e. The van der Waals surface area contributed by atoms with Gasteiger partial charge in [0.15, 0.2) is 0 Å². The van der Waals surface area contributed by atoms with E-state index in [-0.39, 0.29) is 0 Å². The highest BCUT2D eigenvalue weighted by molar-refractivity contribution is 4.97. The molecule has 0 aromatic rings. The van der Waals surface area contributed by atoms with Gasteiger partial charge in [0.2, 0.25) is 0 Å². The van der Waals surface area contributed by atoms with Gasteiger partial charge < -0.3 is 10.2 Å². The first-order chi connectivity index (χ1) is 7.86. The summed E-state index contributed by atoms with van der Waals surface area (Å²) in [6.45, 7) is 2.34. The Hall–Kier alpha value is -0.340. The maximum atomic E-state index is 3.65. The van der Waals surface area contributed by atoms with Crippen LogP contribution in [0.15, 0.2) is 12.2 Å². The third-order valence-electron chi connectivity index (χ3n) is 4.07. The Morgan fingerprint density at radius 3 is 2.69 bits per heavy atom. The third-order valence-corrected chi connectivity index (χ3v) is 4.07. The van der Waals surface area contributed by atoms with Crippen molar-refractivity contribution < 1.29 is 0 Å². The van der Waals surface area contributed by atoms with Crippen LogP contribution in [0.25, 0.3) is 0 Å². The molecule has 2 heteroatoms. The molecule has 0 bridgehead atoms. The molecule has 2 rings (SSSR count). The lowest BCUT2D eigenvalue weighted by atomic mass is 10.0. The first-order valence-electron chi connectivity index (χ1n) is 6.96. The van der Waals surface area contributed by atoms with Crippen LogP contribution < -0.4 is 5.32 Å². The Balaban J connectivity index is 1.59. The first-order valence-corrected chi connectivity index (χ1v) is 6.96. The highest BCUT2D eigenvalue weighted by Gasteiger charge is 2.19. The number of nitrogens with zero attached hydrogens (tertiary/aromatic N) is 1. The fraction of sp³-hybridized carbons (Fsp3) is 0.857. The Morgan fingerprint density at radius 1 is 1.19 bits per heavy atom. The zero-order chi connectivity index (χ0) is 11.2. The minimum absolute atomic E-state index is 0.644. The smallest absolute Gasteiger partial charge is 0.0250 e. The van der Waals surface area contributed by atoms with Crippen LogP contribution in [0.5, 0.6) is 0 Å². The van der Waals surface area contributed by atoms with Gasteiger partial charge in [0.05, 0.1) is 0 Å². The molecule has 0 aromatic carbocycles. The van der Waals surface area contributed by atoms with Gasteiger partial charge in [0.1, 0.15) is 0 Å². The normalized spacial score (nSPS) is 26.8. The van der Waals surface area contributed by atoms with E-state index in [1.807, 2.05) is 0 Å². The molecule has 0 amide bonds. The lowest BCUT2D eigenvalue weighted by Crippen LogP contribution is -2.38. The molecule has 0 radical (unpaired) electrons. The summed E-state index contributed by atoms with van der Waals surface area (Å²) in [5.74, 6) is 0. The minimum atomic E-state index is 0.644. The second kappa shape index (κ2) is 6.41. The fourth-order valence-electron chi connectivity index (χ4n) is 2.94. The molecule has 0 heterocycles. The monoisotopic (exact) mass is 222 g/mol. The molecular formula is C14H26N2. The molecule has 2 aliphatic carbocycles. The van der Waals surface area contributed by atoms with Crippen molar-refractivity contribution in [2.75, 3.05) is 20.1 Å². The summed E-state index contributed by atoms with van der Waals surface area (Å²) >= 11 is 0. The molecule has 1 saturated carbocycles. The van der Waals surface area contributed by atoms with Crippen LogP contribution in [-0.2, 0) is 0 Å². The van der Waals surface area contributed by atoms with E-state index in [4.69, 9.17) is 0 Å². The van der Waals surface area contributed by atoms with Crippen molar-refractivity contribution in [1.29, 1.82) is 0 Å². The van der Waals surface area contributed by atoms with E-state index in [1.54, 1.807) is 0 Å². The van der Waals surface area contributed by atoms with Crippen LogP contribution >= 0.6 is 0 Å². The quantitative estimate of drug-likeness (QED) is 0.719. The van der Waals surface area contributed by atoms with Crippen LogP contribution in [0.3, 0.4) is 0 Å². The van der Waals surface area contributed by atoms with Crippen molar-refractivity contribution >= 4 is 0 Å². The average molecular weight is 222 g/mol. The first kappa shape index (κ1) is 12.1. The van der Waals surface area contributed by atoms with Gasteiger partial charge in [-0.3, -0.25) is 0 Å². The third kappa shape index (κ3) is 3.60. The van der Waals surface area contributed by atoms with Crippen LogP contribution in [0.2, 0.25) is 0 Å². The van der Waals surface area contributed by atoms with E-state index in [1.165, 1.54) is 51.5 Å². The summed E-state index contributed by atoms with van der Waals surface area (Å²) < 4.78 is 0. The second-order valence-electron chi connectivity index (χ2n) is 5.34. The van der Waals surface area contributed by atoms with Gasteiger partial charge in [-0.15, -0.1) is 0 Å². The SMILES string of the molecule is CN(CCNC1C=CCCC1)C1CCCC1. The van der Waals surface area contributed by atoms with Gasteiger partial charge in [0, 0.05) is 25.2 Å². The molecule has 1 atom stereocenters. The number of rotatable bonds is 5. The molecule has 16 heavy (non-hydrogen) atoms. The molecule has 0 saturated heterocycles. The molecule has 2 nitrogen and oxygen atoms in total. The average Bonchev–Trinajstić information content (AvgIpc) is 2.84. The van der Waals surface area contributed by atoms with Gasteiger partial charge >= 0.3 is 0 Å². The lowest BCUT2D eigenvalue weighted by molar-refractivity contribution is 0.243. The number of hydrogen-bond donors (Lipinski definition) is 1. The number of hydrogen-bond acceptors (Lipinski definition) is 2. The van der Waals surface area contributed by atoms with Crippen molar-refractivity contribution in [3.05, 3.63) is 12.2 Å². The Labute approximate surface area is 100 Å². The van der Waals surface area contributed by atoms with Crippen molar-refractivity contribution in [2.45, 2.75) is 57.0 Å². The fourth-order valence-corrected chi connectivity index (χ4v) is 2.94. The van der Waals surface area contributed by atoms with Crippen LogP contribution in [-0.4, -0.2) is 37.1 Å². The molecule has 0 aliphatic heterocycles. The van der Waals surface area contributed by atoms with Crippen molar-refractivity contribution in [2.24, 2.45) is 0 Å². The van der Waals surface area contributed by atoms with Crippen LogP contribution in [0, 0.1) is 0 Å². The van der Waals surface area contributed by atoms with E-state index in [0.29, 0.717) is 6.04 Å². The Morgan fingerprint density at radius 2 is 2.00 bits per heavy atom. The lowest BCUT2D eigenvalue weighted by Gasteiger charge is -2.25. The van der Waals surface area contributed by atoms with Crippen LogP contribution in [0.4, 0.5) is 0 Å². The zero-order valence-electron chi connectivity index (χ0n) is 10.6. The predicted molar refractivity (Wildman–Crippen MR) is 69.7 cm³/mol. The minimum Gasteiger partial charge on any atom is -0.309 e. The van der Waals surface area contributed by atoms with Gasteiger partial charge in [-0.05, 0) is 39.2 Å². The van der Waals surface area contributed by atoms with E-state index in [0.717, 1.165) is 12.6 Å². The van der Waals surface area contributed by atoms with Crippen molar-refractivity contribution in [3.63, 3.8) is 0 Å². The highest BCUT2D eigenvalue weighted by Crippen LogP contribution is 2.21. The Bertz CT molecular complexity index is 219. The highest BCUT2D eigenvalue weighted by atomic mass is 15.1. The topological polar surface area (TPSA) is 15.3 Å². The van der Waals surface area contributed by atoms with Crippen LogP contribution in [0.1, 0.15) is 44.9 Å². The number of allylic oxidation sites excluding steroid dienone is 1. The number of likely N-dealkylation sites (N-methyl/N-ethyl adjacent to an activating group) is 1. The number of nitrogens with one attached hydrogen (secondary N) is 1. The molecule has 0 spiro atoms. The van der Waals surface area contributed by atoms with E-state index in [9.17, 15) is 0 Å². The van der Waals surface area contributed by atoms with Gasteiger partial charge in [-0.1, -0.05) is 25.0 Å². The molecular weight excluding hydrogens is 196 g/mol. The van der Waals surface area contributed by atoms with Gasteiger partial charge in [-0.25, -0.2) is 0 Å². The molecule has 0 aromatic heterocycles. The summed E-state index contributed by atoms with van der Waals surface area (Å²) in [5, 5.41) is 3.65. The maximum Gasteiger partial charge on any atom is 0.0250 e. The molecule has 1 N–H and O–H groups in total. The summed E-state index contributed by atoms with van der Waals surface area (Å²) in [5.41, 5.74) is 0. The predicted octanol–water partition coefficient (Wildman–Crippen LogP) is 2.56. The summed E-state index contributed by atoms with van der Waals surface area (Å²) in [6, 6.07) is 1.51. The van der Waals surface area contributed by atoms with E-state index < -0.39 is 0 Å². The summed E-state index contributed by atoms with van der Waals surface area (Å²) in [4.78, 5) is 2.55. The molecule has 2 aliphatic rings. The standard InChI is InChI=1S/C14H26N2/c1-16(14-9-5-6-10-14)12-11-15-13-7-3-2-4-8-13/h3,7,13-15H,2,4-6,8-12H2,1H3. The molecule has 1 fully saturated rings. The van der Waals surface area contributed by atoms with E-state index >= 15 is 0 Å². The zero-order valence-corrected chi connectivity index (χ0v) is 10.6. The van der Waals surface area contributed by atoms with Crippen molar-refractivity contribution in [3.8, 4) is 0 Å². The maximum absolute atomic E-state index is 3.65. The van der Waals surface area contributed by atoms with Gasteiger partial charge in [0.25, 0.3) is 0 Å². The molecule has 1 unspecified atom stereocenters. The van der Waals surface area contributed by atoms with Crippen molar-refractivity contribution in [1.82, 2.24) is 10.2 Å². The van der Waals surface area contributed by atoms with Gasteiger partial charge in [-0.2, -0.15) is 0 Å². The second-order valence-corrected chi connectivity index (χ2v) is 5.34.